The van der Waals surface area contributed by atoms with Gasteiger partial charge in [-0.25, -0.2) is 4.79 Å². The number of rotatable bonds is 3. The number of carboxylic acids is 1. The summed E-state index contributed by atoms with van der Waals surface area (Å²) in [7, 11) is 0. The van der Waals surface area contributed by atoms with Gasteiger partial charge in [0.1, 0.15) is 5.69 Å². The van der Waals surface area contributed by atoms with Crippen molar-refractivity contribution in [2.24, 2.45) is 0 Å². The highest BCUT2D eigenvalue weighted by Crippen LogP contribution is 2.26. The van der Waals surface area contributed by atoms with Gasteiger partial charge in [0.05, 0.1) is 0 Å². The summed E-state index contributed by atoms with van der Waals surface area (Å²) in [5, 5.41) is 8.85. The van der Waals surface area contributed by atoms with E-state index in [2.05, 4.69) is 32.7 Å². The van der Waals surface area contributed by atoms with Gasteiger partial charge in [-0.15, -0.1) is 0 Å². The Morgan fingerprint density at radius 2 is 1.69 bits per heavy atom. The molecule has 92 valence electrons. The molecule has 0 radical (unpaired) electrons. The minimum absolute atomic E-state index is 0.289. The number of aromatic amines is 1. The monoisotopic (exact) mass is 225 g/mol. The van der Waals surface area contributed by atoms with Crippen molar-refractivity contribution in [1.29, 1.82) is 0 Å². The van der Waals surface area contributed by atoms with E-state index in [0.29, 0.717) is 11.8 Å². The summed E-state index contributed by atoms with van der Waals surface area (Å²) in [6.07, 6.45) is 0. The lowest BCUT2D eigenvalue weighted by Gasteiger charge is -2.09. The number of aromatic nitrogens is 1. The van der Waals surface area contributed by atoms with Gasteiger partial charge < -0.3 is 10.1 Å². The molecular weight excluding hydrogens is 202 g/mol. The van der Waals surface area contributed by atoms with Crippen LogP contribution in [0.5, 0.6) is 0 Å². The summed E-state index contributed by atoms with van der Waals surface area (Å²) in [6.45, 7) is 12.3. The summed E-state index contributed by atoms with van der Waals surface area (Å²) >= 11 is 0. The third kappa shape index (κ3) is 3.40. The first-order valence-corrected chi connectivity index (χ1v) is 5.89. The van der Waals surface area contributed by atoms with E-state index in [1.54, 1.807) is 6.07 Å². The molecule has 0 amide bonds. The molecule has 0 aliphatic carbocycles. The van der Waals surface area contributed by atoms with Crippen molar-refractivity contribution >= 4 is 5.97 Å². The third-order valence-corrected chi connectivity index (χ3v) is 2.31. The van der Waals surface area contributed by atoms with Crippen LogP contribution >= 0.6 is 0 Å². The van der Waals surface area contributed by atoms with Crippen molar-refractivity contribution in [2.75, 3.05) is 0 Å². The molecule has 16 heavy (non-hydrogen) atoms. The fourth-order valence-electron chi connectivity index (χ4n) is 1.56. The van der Waals surface area contributed by atoms with Crippen LogP contribution in [0, 0.1) is 0 Å². The molecule has 1 aromatic rings. The van der Waals surface area contributed by atoms with Crippen LogP contribution in [0.4, 0.5) is 0 Å². The van der Waals surface area contributed by atoms with E-state index in [0.717, 1.165) is 11.3 Å². The Kier molecular flexibility index (Phi) is 5.86. The Morgan fingerprint density at radius 3 is 1.94 bits per heavy atom. The average molecular weight is 225 g/mol. The van der Waals surface area contributed by atoms with E-state index >= 15 is 0 Å². The quantitative estimate of drug-likeness (QED) is 0.817. The fourth-order valence-corrected chi connectivity index (χ4v) is 1.56. The van der Waals surface area contributed by atoms with Crippen molar-refractivity contribution in [2.45, 2.75) is 53.4 Å². The van der Waals surface area contributed by atoms with Gasteiger partial charge in [0.2, 0.25) is 0 Å². The number of nitrogens with one attached hydrogen (secondary N) is 1. The molecule has 1 heterocycles. The number of H-pyrrole nitrogens is 1. The molecule has 3 nitrogen and oxygen atoms in total. The van der Waals surface area contributed by atoms with Gasteiger partial charge in [-0.05, 0) is 23.5 Å². The zero-order valence-corrected chi connectivity index (χ0v) is 11.1. The van der Waals surface area contributed by atoms with Gasteiger partial charge in [0, 0.05) is 5.69 Å². The average Bonchev–Trinajstić information content (AvgIpc) is 2.65. The molecule has 0 aliphatic heterocycles. The Labute approximate surface area is 97.9 Å². The van der Waals surface area contributed by atoms with Gasteiger partial charge in [-0.1, -0.05) is 41.5 Å². The maximum atomic E-state index is 10.8. The second-order valence-corrected chi connectivity index (χ2v) is 4.17. The molecule has 3 heteroatoms. The van der Waals surface area contributed by atoms with Gasteiger partial charge in [0.25, 0.3) is 0 Å². The molecule has 0 saturated heterocycles. The number of aromatic carboxylic acids is 1. The Balaban J connectivity index is 0.00000106. The number of carboxylic acid groups (broad SMARTS) is 1. The van der Waals surface area contributed by atoms with Crippen LogP contribution in [0.3, 0.4) is 0 Å². The van der Waals surface area contributed by atoms with E-state index in [-0.39, 0.29) is 5.69 Å². The van der Waals surface area contributed by atoms with E-state index in [1.165, 1.54) is 0 Å². The molecule has 0 unspecified atom stereocenters. The minimum Gasteiger partial charge on any atom is -0.477 e. The first-order chi connectivity index (χ1) is 7.43. The van der Waals surface area contributed by atoms with Crippen molar-refractivity contribution in [3.63, 3.8) is 0 Å². The highest BCUT2D eigenvalue weighted by molar-refractivity contribution is 5.86. The molecule has 0 aromatic carbocycles. The minimum atomic E-state index is -0.890. The first-order valence-electron chi connectivity index (χ1n) is 5.89. The number of hydrogen-bond acceptors (Lipinski definition) is 1. The van der Waals surface area contributed by atoms with Gasteiger partial charge in [0.15, 0.2) is 0 Å². The molecule has 1 rings (SSSR count). The summed E-state index contributed by atoms with van der Waals surface area (Å²) < 4.78 is 0. The van der Waals surface area contributed by atoms with Crippen LogP contribution in [0.1, 0.15) is 75.1 Å². The Hall–Kier alpha value is -1.25. The maximum Gasteiger partial charge on any atom is 0.352 e. The third-order valence-electron chi connectivity index (χ3n) is 2.31. The Morgan fingerprint density at radius 1 is 1.19 bits per heavy atom. The molecule has 2 N–H and O–H groups in total. The smallest absolute Gasteiger partial charge is 0.352 e. The molecule has 0 aliphatic rings. The van der Waals surface area contributed by atoms with E-state index in [9.17, 15) is 4.79 Å². The van der Waals surface area contributed by atoms with Gasteiger partial charge in [-0.3, -0.25) is 0 Å². The van der Waals surface area contributed by atoms with Gasteiger partial charge >= 0.3 is 5.97 Å². The lowest BCUT2D eigenvalue weighted by Crippen LogP contribution is -1.97. The van der Waals surface area contributed by atoms with Crippen LogP contribution in [0.2, 0.25) is 0 Å². The summed E-state index contributed by atoms with van der Waals surface area (Å²) in [4.78, 5) is 13.7. The Bertz CT molecular complexity index is 312. The molecule has 1 aromatic heterocycles. The number of hydrogen-bond donors (Lipinski definition) is 2. The highest BCUT2D eigenvalue weighted by atomic mass is 16.4. The second kappa shape index (κ2) is 6.36. The fraction of sp³-hybridized carbons (Fsp3) is 0.615. The highest BCUT2D eigenvalue weighted by Gasteiger charge is 2.16. The van der Waals surface area contributed by atoms with Crippen molar-refractivity contribution in [3.05, 3.63) is 23.0 Å². The van der Waals surface area contributed by atoms with E-state index < -0.39 is 5.97 Å². The molecule has 0 saturated carbocycles. The standard InChI is InChI=1S/C11H17NO2.C2H6/c1-6(2)8-5-9(11(13)14)12-10(8)7(3)4;1-2/h5-7,12H,1-4H3,(H,13,14);1-2H3. The molecule has 0 fully saturated rings. The van der Waals surface area contributed by atoms with Gasteiger partial charge in [-0.2, -0.15) is 0 Å². The zero-order chi connectivity index (χ0) is 12.9. The normalized spacial score (nSPS) is 10.2. The predicted molar refractivity (Wildman–Crippen MR) is 67.3 cm³/mol. The predicted octanol–water partition coefficient (Wildman–Crippen LogP) is 3.99. The van der Waals surface area contributed by atoms with Crippen molar-refractivity contribution < 1.29 is 9.90 Å². The van der Waals surface area contributed by atoms with Crippen LogP contribution in [-0.2, 0) is 0 Å². The summed E-state index contributed by atoms with van der Waals surface area (Å²) in [5.41, 5.74) is 2.44. The topological polar surface area (TPSA) is 53.1 Å². The first kappa shape index (κ1) is 14.8. The van der Waals surface area contributed by atoms with Crippen LogP contribution < -0.4 is 0 Å². The lowest BCUT2D eigenvalue weighted by atomic mass is 9.98. The molecule has 0 spiro atoms. The largest absolute Gasteiger partial charge is 0.477 e. The maximum absolute atomic E-state index is 10.8. The SMILES string of the molecule is CC.CC(C)c1cc(C(=O)O)[nH]c1C(C)C. The summed E-state index contributed by atoms with van der Waals surface area (Å²) in [6, 6.07) is 1.74. The van der Waals surface area contributed by atoms with Crippen molar-refractivity contribution in [1.82, 2.24) is 4.98 Å². The van der Waals surface area contributed by atoms with Crippen LogP contribution in [-0.4, -0.2) is 16.1 Å². The lowest BCUT2D eigenvalue weighted by molar-refractivity contribution is 0.0691. The number of carbonyl (C=O) groups is 1. The summed E-state index contributed by atoms with van der Waals surface area (Å²) in [5.74, 6) is -0.198. The van der Waals surface area contributed by atoms with Crippen LogP contribution in [0.15, 0.2) is 6.07 Å². The molecule has 0 bridgehead atoms. The molecular formula is C13H23NO2. The van der Waals surface area contributed by atoms with Crippen LogP contribution in [0.25, 0.3) is 0 Å². The second-order valence-electron chi connectivity index (χ2n) is 4.17. The van der Waals surface area contributed by atoms with Crippen molar-refractivity contribution in [3.8, 4) is 0 Å². The van der Waals surface area contributed by atoms with E-state index in [1.807, 2.05) is 13.8 Å². The van der Waals surface area contributed by atoms with E-state index in [4.69, 9.17) is 5.11 Å². The molecule has 0 atom stereocenters. The zero-order valence-electron chi connectivity index (χ0n) is 11.1.